The number of nitrogens with one attached hydrogen (secondary N) is 2. The van der Waals surface area contributed by atoms with Gasteiger partial charge in [0, 0.05) is 19.5 Å². The van der Waals surface area contributed by atoms with Crippen molar-refractivity contribution in [2.24, 2.45) is 0 Å². The van der Waals surface area contributed by atoms with Gasteiger partial charge in [-0.05, 0) is 12.1 Å². The lowest BCUT2D eigenvalue weighted by atomic mass is 10.2. The summed E-state index contributed by atoms with van der Waals surface area (Å²) in [5.74, 6) is -0.244. The van der Waals surface area contributed by atoms with Crippen LogP contribution in [-0.4, -0.2) is 32.0 Å². The van der Waals surface area contributed by atoms with E-state index in [4.69, 9.17) is 27.9 Å². The Morgan fingerprint density at radius 1 is 1.15 bits per heavy atom. The monoisotopic (exact) mass is 318 g/mol. The summed E-state index contributed by atoms with van der Waals surface area (Å²) in [6, 6.07) is 3.08. The number of rotatable bonds is 6. The van der Waals surface area contributed by atoms with Gasteiger partial charge in [0.25, 0.3) is 5.91 Å². The molecule has 0 radical (unpaired) electrons. The van der Waals surface area contributed by atoms with Crippen molar-refractivity contribution in [2.45, 2.75) is 13.3 Å². The Bertz CT molecular complexity index is 507. The number of amides is 2. The number of hydrogen-bond acceptors (Lipinski definition) is 3. The molecule has 2 amide bonds. The molecule has 0 aliphatic rings. The summed E-state index contributed by atoms with van der Waals surface area (Å²) < 4.78 is 5.09. The third kappa shape index (κ3) is 4.28. The number of methoxy groups -OCH3 is 1. The van der Waals surface area contributed by atoms with Gasteiger partial charge in [0.05, 0.1) is 17.2 Å². The molecule has 1 aromatic rings. The van der Waals surface area contributed by atoms with Gasteiger partial charge in [-0.25, -0.2) is 0 Å². The summed E-state index contributed by atoms with van der Waals surface area (Å²) in [5.41, 5.74) is 0.184. The highest BCUT2D eigenvalue weighted by Crippen LogP contribution is 2.33. The lowest BCUT2D eigenvalue weighted by molar-refractivity contribution is -0.120. The average Bonchev–Trinajstić information content (AvgIpc) is 2.44. The van der Waals surface area contributed by atoms with Crippen LogP contribution in [0.5, 0.6) is 5.75 Å². The molecule has 5 nitrogen and oxygen atoms in total. The van der Waals surface area contributed by atoms with E-state index in [0.717, 1.165) is 0 Å². The van der Waals surface area contributed by atoms with Crippen LogP contribution in [0.25, 0.3) is 0 Å². The van der Waals surface area contributed by atoms with Crippen molar-refractivity contribution < 1.29 is 14.3 Å². The normalized spacial score (nSPS) is 10.0. The van der Waals surface area contributed by atoms with Crippen LogP contribution in [0.15, 0.2) is 12.1 Å². The van der Waals surface area contributed by atoms with Gasteiger partial charge in [0.15, 0.2) is 5.75 Å². The van der Waals surface area contributed by atoms with Gasteiger partial charge in [-0.1, -0.05) is 30.1 Å². The van der Waals surface area contributed by atoms with Crippen LogP contribution in [0.1, 0.15) is 23.7 Å². The number of carbonyl (C=O) groups excluding carboxylic acids is 2. The second kappa shape index (κ2) is 7.97. The van der Waals surface area contributed by atoms with E-state index >= 15 is 0 Å². The van der Waals surface area contributed by atoms with Crippen LogP contribution in [0.3, 0.4) is 0 Å². The summed E-state index contributed by atoms with van der Waals surface area (Å²) in [7, 11) is 1.41. The first-order valence-electron chi connectivity index (χ1n) is 6.08. The first-order valence-corrected chi connectivity index (χ1v) is 6.83. The molecule has 110 valence electrons. The highest BCUT2D eigenvalue weighted by Gasteiger charge is 2.18. The zero-order chi connectivity index (χ0) is 15.1. The van der Waals surface area contributed by atoms with Gasteiger partial charge in [0.2, 0.25) is 5.91 Å². The van der Waals surface area contributed by atoms with Gasteiger partial charge >= 0.3 is 0 Å². The molecule has 0 saturated heterocycles. The SMILES string of the molecule is CCC(=O)NCCNC(=O)c1c(Cl)ccc(Cl)c1OC. The molecule has 1 aromatic carbocycles. The average molecular weight is 319 g/mol. The zero-order valence-corrected chi connectivity index (χ0v) is 12.8. The Balaban J connectivity index is 2.68. The van der Waals surface area contributed by atoms with E-state index in [0.29, 0.717) is 18.0 Å². The number of benzene rings is 1. The zero-order valence-electron chi connectivity index (χ0n) is 11.3. The number of halogens is 2. The Morgan fingerprint density at radius 2 is 1.75 bits per heavy atom. The molecule has 0 aromatic heterocycles. The molecule has 0 atom stereocenters. The third-order valence-corrected chi connectivity index (χ3v) is 3.16. The fourth-order valence-electron chi connectivity index (χ4n) is 1.54. The fraction of sp³-hybridized carbons (Fsp3) is 0.385. The third-order valence-electron chi connectivity index (χ3n) is 2.54. The van der Waals surface area contributed by atoms with Gasteiger partial charge in [-0.2, -0.15) is 0 Å². The molecule has 0 heterocycles. The second-order valence-electron chi connectivity index (χ2n) is 3.90. The largest absolute Gasteiger partial charge is 0.494 e. The molecule has 0 aliphatic heterocycles. The number of ether oxygens (including phenoxy) is 1. The molecular formula is C13H16Cl2N2O3. The Morgan fingerprint density at radius 3 is 2.35 bits per heavy atom. The van der Waals surface area contributed by atoms with E-state index < -0.39 is 5.91 Å². The minimum Gasteiger partial charge on any atom is -0.494 e. The highest BCUT2D eigenvalue weighted by molar-refractivity contribution is 6.37. The molecule has 7 heteroatoms. The summed E-state index contributed by atoms with van der Waals surface area (Å²) in [5, 5.41) is 5.85. The van der Waals surface area contributed by atoms with E-state index in [2.05, 4.69) is 10.6 Å². The maximum Gasteiger partial charge on any atom is 0.256 e. The standard InChI is InChI=1S/C13H16Cl2N2O3/c1-3-10(18)16-6-7-17-13(19)11-8(14)4-5-9(15)12(11)20-2/h4-5H,3,6-7H2,1-2H3,(H,16,18)(H,17,19). The number of carbonyl (C=O) groups is 2. The molecule has 1 rings (SSSR count). The topological polar surface area (TPSA) is 67.4 Å². The lowest BCUT2D eigenvalue weighted by Crippen LogP contribution is -2.34. The Labute approximate surface area is 127 Å². The molecule has 0 aliphatic carbocycles. The minimum atomic E-state index is -0.403. The van der Waals surface area contributed by atoms with Crippen molar-refractivity contribution in [3.05, 3.63) is 27.7 Å². The number of hydrogen-bond donors (Lipinski definition) is 2. The molecule has 20 heavy (non-hydrogen) atoms. The first kappa shape index (κ1) is 16.6. The molecule has 0 saturated carbocycles. The second-order valence-corrected chi connectivity index (χ2v) is 4.71. The summed E-state index contributed by atoms with van der Waals surface area (Å²) >= 11 is 11.9. The van der Waals surface area contributed by atoms with Gasteiger partial charge < -0.3 is 15.4 Å². The predicted molar refractivity (Wildman–Crippen MR) is 78.6 cm³/mol. The summed E-state index contributed by atoms with van der Waals surface area (Å²) in [6.45, 7) is 2.39. The van der Waals surface area contributed by atoms with Crippen molar-refractivity contribution in [3.8, 4) is 5.75 Å². The predicted octanol–water partition coefficient (Wildman–Crippen LogP) is 2.26. The Hall–Kier alpha value is -1.46. The van der Waals surface area contributed by atoms with Gasteiger partial charge in [-0.15, -0.1) is 0 Å². The summed E-state index contributed by atoms with van der Waals surface area (Å²) in [4.78, 5) is 23.1. The van der Waals surface area contributed by atoms with Crippen LogP contribution in [0, 0.1) is 0 Å². The van der Waals surface area contributed by atoms with E-state index in [-0.39, 0.29) is 28.8 Å². The van der Waals surface area contributed by atoms with Crippen molar-refractivity contribution in [3.63, 3.8) is 0 Å². The van der Waals surface area contributed by atoms with Crippen LogP contribution in [-0.2, 0) is 4.79 Å². The van der Waals surface area contributed by atoms with E-state index in [1.807, 2.05) is 0 Å². The Kier molecular flexibility index (Phi) is 6.61. The van der Waals surface area contributed by atoms with Gasteiger partial charge in [0.1, 0.15) is 5.56 Å². The highest BCUT2D eigenvalue weighted by atomic mass is 35.5. The molecule has 0 spiro atoms. The van der Waals surface area contributed by atoms with Crippen LogP contribution < -0.4 is 15.4 Å². The van der Waals surface area contributed by atoms with Crippen molar-refractivity contribution in [1.29, 1.82) is 0 Å². The maximum atomic E-state index is 12.1. The van der Waals surface area contributed by atoms with E-state index in [1.54, 1.807) is 13.0 Å². The summed E-state index contributed by atoms with van der Waals surface area (Å²) in [6.07, 6.45) is 0.405. The van der Waals surface area contributed by atoms with Crippen molar-refractivity contribution >= 4 is 35.0 Å². The quantitative estimate of drug-likeness (QED) is 0.790. The fourth-order valence-corrected chi connectivity index (χ4v) is 2.00. The van der Waals surface area contributed by atoms with E-state index in [1.165, 1.54) is 13.2 Å². The van der Waals surface area contributed by atoms with Crippen molar-refractivity contribution in [1.82, 2.24) is 10.6 Å². The smallest absolute Gasteiger partial charge is 0.256 e. The molecule has 0 fully saturated rings. The van der Waals surface area contributed by atoms with Crippen LogP contribution in [0.2, 0.25) is 10.0 Å². The van der Waals surface area contributed by atoms with Crippen LogP contribution >= 0.6 is 23.2 Å². The molecule has 2 N–H and O–H groups in total. The minimum absolute atomic E-state index is 0.0717. The first-order chi connectivity index (χ1) is 9.51. The molecule has 0 unspecified atom stereocenters. The maximum absolute atomic E-state index is 12.1. The molecule has 0 bridgehead atoms. The van der Waals surface area contributed by atoms with Crippen LogP contribution in [0.4, 0.5) is 0 Å². The van der Waals surface area contributed by atoms with Crippen molar-refractivity contribution in [2.75, 3.05) is 20.2 Å². The molecular weight excluding hydrogens is 303 g/mol. The van der Waals surface area contributed by atoms with E-state index in [9.17, 15) is 9.59 Å². The van der Waals surface area contributed by atoms with Gasteiger partial charge in [-0.3, -0.25) is 9.59 Å². The lowest BCUT2D eigenvalue weighted by Gasteiger charge is -2.12.